The molecule has 0 fully saturated rings. The van der Waals surface area contributed by atoms with Crippen molar-refractivity contribution in [1.82, 2.24) is 9.80 Å². The van der Waals surface area contributed by atoms with Gasteiger partial charge in [-0.25, -0.2) is 20.0 Å². The lowest BCUT2D eigenvalue weighted by atomic mass is 9.70. The number of hydrogen-bond donors (Lipinski definition) is 0. The minimum absolute atomic E-state index is 0.351. The van der Waals surface area contributed by atoms with Crippen molar-refractivity contribution in [2.24, 2.45) is 20.0 Å². The van der Waals surface area contributed by atoms with Gasteiger partial charge in [-0.1, -0.05) is 291 Å². The monoisotopic (exact) mass is 1110 g/mol. The van der Waals surface area contributed by atoms with Gasteiger partial charge in [0.25, 0.3) is 0 Å². The summed E-state index contributed by atoms with van der Waals surface area (Å²) in [5.74, 6) is 3.09. The molecule has 412 valence electrons. The Labute approximate surface area is 507 Å². The number of amidine groups is 4. The first-order valence-electron chi connectivity index (χ1n) is 29.9. The summed E-state index contributed by atoms with van der Waals surface area (Å²) in [6.07, 6.45) is -0.763. The second-order valence-corrected chi connectivity index (χ2v) is 23.0. The van der Waals surface area contributed by atoms with Crippen LogP contribution in [0.1, 0.15) is 68.0 Å². The van der Waals surface area contributed by atoms with Crippen LogP contribution in [0.15, 0.2) is 323 Å². The molecule has 16 rings (SSSR count). The lowest BCUT2D eigenvalue weighted by molar-refractivity contribution is 0.382. The van der Waals surface area contributed by atoms with E-state index in [9.17, 15) is 0 Å². The zero-order chi connectivity index (χ0) is 58.0. The summed E-state index contributed by atoms with van der Waals surface area (Å²) >= 11 is 0. The number of aliphatic imine (C=N–C) groups is 4. The fourth-order valence-corrected chi connectivity index (χ4v) is 13.7. The summed E-state index contributed by atoms with van der Waals surface area (Å²) in [7, 11) is 4.25. The summed E-state index contributed by atoms with van der Waals surface area (Å²) in [5, 5.41) is 0. The summed E-state index contributed by atoms with van der Waals surface area (Å²) in [4.78, 5) is 26.7. The van der Waals surface area contributed by atoms with Crippen molar-refractivity contribution >= 4 is 23.3 Å². The Morgan fingerprint density at radius 3 is 1.00 bits per heavy atom. The molecule has 0 aromatic heterocycles. The molecule has 6 heteroatoms. The molecular formula is C81H58N6. The number of rotatable bonds is 10. The van der Waals surface area contributed by atoms with Crippen molar-refractivity contribution in [1.29, 1.82) is 0 Å². The van der Waals surface area contributed by atoms with Gasteiger partial charge >= 0.3 is 0 Å². The average molecular weight is 1120 g/mol. The highest BCUT2D eigenvalue weighted by Gasteiger charge is 2.52. The quantitative estimate of drug-likeness (QED) is 0.137. The average Bonchev–Trinajstić information content (AvgIpc) is 1.52. The lowest BCUT2D eigenvalue weighted by Crippen LogP contribution is -2.36. The Bertz CT molecular complexity index is 4680. The molecule has 2 aliphatic carbocycles. The molecule has 0 saturated heterocycles. The Morgan fingerprint density at radius 1 is 0.253 bits per heavy atom. The molecule has 1 spiro atoms. The zero-order valence-electron chi connectivity index (χ0n) is 48.2. The molecule has 2 aliphatic heterocycles. The number of nitrogens with zero attached hydrogens (tertiary/aromatic N) is 6. The van der Waals surface area contributed by atoms with E-state index in [1.807, 2.05) is 0 Å². The van der Waals surface area contributed by atoms with E-state index in [0.29, 0.717) is 11.7 Å². The van der Waals surface area contributed by atoms with Crippen LogP contribution >= 0.6 is 0 Å². The van der Waals surface area contributed by atoms with Crippen LogP contribution in [0.2, 0.25) is 0 Å². The van der Waals surface area contributed by atoms with Crippen molar-refractivity contribution in [2.75, 3.05) is 14.1 Å². The first-order chi connectivity index (χ1) is 42.9. The van der Waals surface area contributed by atoms with Gasteiger partial charge in [-0.15, -0.1) is 0 Å². The summed E-state index contributed by atoms with van der Waals surface area (Å²) in [6, 6.07) is 109. The minimum atomic E-state index is -0.681. The number of fused-ring (bicyclic) bond motifs is 10. The fraction of sp³-hybridized carbons (Fsp3) is 0.0617. The van der Waals surface area contributed by atoms with E-state index in [0.717, 1.165) is 67.3 Å². The van der Waals surface area contributed by atoms with Crippen LogP contribution in [-0.2, 0) is 5.41 Å². The molecule has 4 aliphatic rings. The van der Waals surface area contributed by atoms with Gasteiger partial charge in [0.2, 0.25) is 0 Å². The van der Waals surface area contributed by atoms with Crippen molar-refractivity contribution < 1.29 is 0 Å². The second kappa shape index (κ2) is 21.2. The molecule has 6 nitrogen and oxygen atoms in total. The Kier molecular flexibility index (Phi) is 12.6. The lowest BCUT2D eigenvalue weighted by Gasteiger charge is -2.34. The summed E-state index contributed by atoms with van der Waals surface area (Å²) < 4.78 is 0. The van der Waals surface area contributed by atoms with Gasteiger partial charge in [-0.05, 0) is 112 Å². The number of hydrogen-bond acceptors (Lipinski definition) is 6. The predicted molar refractivity (Wildman–Crippen MR) is 357 cm³/mol. The molecule has 0 radical (unpaired) electrons. The van der Waals surface area contributed by atoms with Gasteiger partial charge < -0.3 is 9.80 Å². The van der Waals surface area contributed by atoms with Crippen LogP contribution < -0.4 is 0 Å². The third kappa shape index (κ3) is 8.79. The van der Waals surface area contributed by atoms with Crippen molar-refractivity contribution in [2.45, 2.75) is 17.7 Å². The van der Waals surface area contributed by atoms with Gasteiger partial charge in [0, 0.05) is 36.3 Å². The topological polar surface area (TPSA) is 55.9 Å². The summed E-state index contributed by atoms with van der Waals surface area (Å²) in [6.45, 7) is 0. The maximum Gasteiger partial charge on any atom is 0.159 e. The first kappa shape index (κ1) is 51.6. The van der Waals surface area contributed by atoms with Crippen molar-refractivity contribution in [3.63, 3.8) is 0 Å². The van der Waals surface area contributed by atoms with Crippen LogP contribution in [0.5, 0.6) is 0 Å². The molecule has 12 aromatic rings. The van der Waals surface area contributed by atoms with E-state index in [1.165, 1.54) is 66.8 Å². The molecule has 87 heavy (non-hydrogen) atoms. The summed E-state index contributed by atoms with van der Waals surface area (Å²) in [5.41, 5.74) is 24.5. The Balaban J connectivity index is 0.842. The molecule has 2 atom stereocenters. The van der Waals surface area contributed by atoms with E-state index >= 15 is 0 Å². The molecule has 0 saturated carbocycles. The van der Waals surface area contributed by atoms with Crippen molar-refractivity contribution in [3.8, 4) is 66.8 Å². The van der Waals surface area contributed by atoms with Crippen LogP contribution in [0.3, 0.4) is 0 Å². The van der Waals surface area contributed by atoms with Crippen LogP contribution in [0.4, 0.5) is 0 Å². The van der Waals surface area contributed by atoms with E-state index in [4.69, 9.17) is 20.0 Å². The minimum Gasteiger partial charge on any atom is -0.333 e. The molecule has 0 amide bonds. The highest BCUT2D eigenvalue weighted by molar-refractivity contribution is 6.15. The molecule has 2 unspecified atom stereocenters. The highest BCUT2D eigenvalue weighted by Crippen LogP contribution is 2.63. The molecule has 0 bridgehead atoms. The number of benzene rings is 12. The van der Waals surface area contributed by atoms with E-state index in [2.05, 4.69) is 327 Å². The van der Waals surface area contributed by atoms with Gasteiger partial charge in [0.1, 0.15) is 17.8 Å². The molecular weight excluding hydrogens is 1060 g/mol. The van der Waals surface area contributed by atoms with Gasteiger partial charge in [-0.3, -0.25) is 0 Å². The highest BCUT2D eigenvalue weighted by atomic mass is 15.3. The SMILES string of the molecule is CN1C(c2ccc(-c3ccccc3)cc2)=NC(c2ccc3c(c2)C2(c4ccccc4-c4ccccc42)c2cc(C4N=C(c5ccc(-c6ccccc6)cc5)N=C(c5ccc(-c6ccccc6)cc5)N4C)ccc2-3)=NC1c1ccc(-c2ccccc2)cc1. The van der Waals surface area contributed by atoms with Gasteiger partial charge in [0.15, 0.2) is 17.8 Å². The van der Waals surface area contributed by atoms with E-state index < -0.39 is 11.6 Å². The first-order valence-corrected chi connectivity index (χ1v) is 29.9. The molecule has 12 aromatic carbocycles. The third-order valence-electron chi connectivity index (χ3n) is 18.1. The smallest absolute Gasteiger partial charge is 0.159 e. The van der Waals surface area contributed by atoms with Gasteiger partial charge in [-0.2, -0.15) is 0 Å². The Hall–Kier alpha value is -11.1. The zero-order valence-corrected chi connectivity index (χ0v) is 48.2. The standard InChI is InChI=1S/C81H58N6/c1-86-78(63-43-35-59(36-44-63)55-23-11-5-12-24-55)84-76(85-79(86)64-45-37-60(38-46-64)56-25-13-6-14-26-56)65-47-49-69-70-50-48-66(52-74(70)81(73(69)51-65)71-29-17-15-27-67(71)68-28-16-18-30-72(68)81)80-83-75(61-39-31-57(32-40-61)53-19-7-3-8-20-53)82-77(87(80)2)62-41-33-58(34-42-62)54-21-9-4-10-22-54/h3-52,78,80H,1-2H3. The maximum absolute atomic E-state index is 5.64. The molecule has 0 N–H and O–H groups in total. The predicted octanol–water partition coefficient (Wildman–Crippen LogP) is 18.4. The maximum atomic E-state index is 5.64. The second-order valence-electron chi connectivity index (χ2n) is 23.0. The van der Waals surface area contributed by atoms with Crippen LogP contribution in [0, 0.1) is 0 Å². The van der Waals surface area contributed by atoms with Crippen molar-refractivity contribution in [3.05, 3.63) is 359 Å². The van der Waals surface area contributed by atoms with Gasteiger partial charge in [0.05, 0.1) is 5.41 Å². The van der Waals surface area contributed by atoms with E-state index in [-0.39, 0.29) is 6.17 Å². The van der Waals surface area contributed by atoms with Crippen LogP contribution in [-0.4, -0.2) is 47.2 Å². The normalized spacial score (nSPS) is 16.0. The third-order valence-corrected chi connectivity index (χ3v) is 18.1. The van der Waals surface area contributed by atoms with E-state index in [1.54, 1.807) is 0 Å². The Morgan fingerprint density at radius 2 is 0.552 bits per heavy atom. The molecule has 2 heterocycles. The largest absolute Gasteiger partial charge is 0.333 e. The van der Waals surface area contributed by atoms with Crippen LogP contribution in [0.25, 0.3) is 66.8 Å². The fourth-order valence-electron chi connectivity index (χ4n) is 13.7.